The molecule has 2 nitrogen and oxygen atoms in total. The Kier molecular flexibility index (Phi) is 5.59. The first-order valence-corrected chi connectivity index (χ1v) is 8.41. The number of hydrogen-bond donors (Lipinski definition) is 1. The van der Waals surface area contributed by atoms with Crippen LogP contribution in [0.4, 0.5) is 0 Å². The zero-order valence-corrected chi connectivity index (χ0v) is 13.1. The van der Waals surface area contributed by atoms with E-state index in [0.29, 0.717) is 12.1 Å². The van der Waals surface area contributed by atoms with E-state index >= 15 is 0 Å². The molecule has 2 unspecified atom stereocenters. The molecule has 2 atom stereocenters. The third-order valence-electron chi connectivity index (χ3n) is 3.55. The Bertz CT molecular complexity index is 408. The van der Waals surface area contributed by atoms with Gasteiger partial charge in [0.05, 0.1) is 0 Å². The number of nitrogens with one attached hydrogen (secondary N) is 1. The smallest absolute Gasteiger partial charge is 0.123 e. The second-order valence-corrected chi connectivity index (χ2v) is 6.74. The van der Waals surface area contributed by atoms with E-state index in [1.165, 1.54) is 29.1 Å². The van der Waals surface area contributed by atoms with Gasteiger partial charge in [-0.1, -0.05) is 24.6 Å². The summed E-state index contributed by atoms with van der Waals surface area (Å²) in [5.74, 6) is 3.54. The SMILES string of the molecule is CCSCCC(C)NCC1Cc2cc(C)ccc2O1. The normalized spacial score (nSPS) is 19.0. The summed E-state index contributed by atoms with van der Waals surface area (Å²) < 4.78 is 5.97. The highest BCUT2D eigenvalue weighted by molar-refractivity contribution is 7.99. The predicted molar refractivity (Wildman–Crippen MR) is 84.4 cm³/mol. The number of thioether (sulfide) groups is 1. The van der Waals surface area contributed by atoms with Crippen molar-refractivity contribution in [1.82, 2.24) is 5.32 Å². The van der Waals surface area contributed by atoms with Crippen LogP contribution in [0.5, 0.6) is 5.75 Å². The van der Waals surface area contributed by atoms with E-state index in [1.54, 1.807) is 0 Å². The van der Waals surface area contributed by atoms with E-state index in [-0.39, 0.29) is 0 Å². The van der Waals surface area contributed by atoms with Crippen LogP contribution in [0.15, 0.2) is 18.2 Å². The average molecular weight is 279 g/mol. The Balaban J connectivity index is 1.72. The number of benzene rings is 1. The maximum atomic E-state index is 5.97. The molecule has 1 heterocycles. The summed E-state index contributed by atoms with van der Waals surface area (Å²) in [5.41, 5.74) is 2.68. The van der Waals surface area contributed by atoms with Crippen LogP contribution < -0.4 is 10.1 Å². The Morgan fingerprint density at radius 1 is 1.47 bits per heavy atom. The summed E-state index contributed by atoms with van der Waals surface area (Å²) in [6.07, 6.45) is 2.58. The zero-order chi connectivity index (χ0) is 13.7. The topological polar surface area (TPSA) is 21.3 Å². The van der Waals surface area contributed by atoms with E-state index < -0.39 is 0 Å². The molecule has 3 heteroatoms. The van der Waals surface area contributed by atoms with Crippen LogP contribution in [0, 0.1) is 6.92 Å². The molecule has 0 radical (unpaired) electrons. The summed E-state index contributed by atoms with van der Waals surface area (Å²) in [7, 11) is 0. The molecule has 1 N–H and O–H groups in total. The largest absolute Gasteiger partial charge is 0.488 e. The van der Waals surface area contributed by atoms with Crippen LogP contribution in [-0.4, -0.2) is 30.2 Å². The molecular formula is C16H25NOS. The summed E-state index contributed by atoms with van der Waals surface area (Å²) in [4.78, 5) is 0. The van der Waals surface area contributed by atoms with Gasteiger partial charge >= 0.3 is 0 Å². The molecular weight excluding hydrogens is 254 g/mol. The fraction of sp³-hybridized carbons (Fsp3) is 0.625. The molecule has 0 saturated carbocycles. The first-order chi connectivity index (χ1) is 9.19. The van der Waals surface area contributed by atoms with Crippen LogP contribution in [0.25, 0.3) is 0 Å². The monoisotopic (exact) mass is 279 g/mol. The molecule has 1 aliphatic heterocycles. The lowest BCUT2D eigenvalue weighted by Crippen LogP contribution is -2.36. The van der Waals surface area contributed by atoms with Crippen molar-refractivity contribution in [2.75, 3.05) is 18.1 Å². The Morgan fingerprint density at radius 3 is 3.11 bits per heavy atom. The summed E-state index contributed by atoms with van der Waals surface area (Å²) in [6, 6.07) is 7.05. The molecule has 106 valence electrons. The molecule has 1 aromatic carbocycles. The maximum Gasteiger partial charge on any atom is 0.123 e. The average Bonchev–Trinajstić information content (AvgIpc) is 2.78. The number of fused-ring (bicyclic) bond motifs is 1. The van der Waals surface area contributed by atoms with Crippen LogP contribution in [0.3, 0.4) is 0 Å². The van der Waals surface area contributed by atoms with Gasteiger partial charge in [0.15, 0.2) is 0 Å². The molecule has 0 spiro atoms. The van der Waals surface area contributed by atoms with Gasteiger partial charge in [-0.2, -0.15) is 11.8 Å². The molecule has 0 aliphatic carbocycles. The molecule has 19 heavy (non-hydrogen) atoms. The Hall–Kier alpha value is -0.670. The zero-order valence-electron chi connectivity index (χ0n) is 12.2. The van der Waals surface area contributed by atoms with Gasteiger partial charge < -0.3 is 10.1 Å². The lowest BCUT2D eigenvalue weighted by Gasteiger charge is -2.17. The fourth-order valence-electron chi connectivity index (χ4n) is 2.40. The highest BCUT2D eigenvalue weighted by atomic mass is 32.2. The number of hydrogen-bond acceptors (Lipinski definition) is 3. The van der Waals surface area contributed by atoms with Crippen molar-refractivity contribution in [3.8, 4) is 5.75 Å². The van der Waals surface area contributed by atoms with E-state index in [9.17, 15) is 0 Å². The Labute approximate surface area is 121 Å². The third kappa shape index (κ3) is 4.43. The molecule has 0 fully saturated rings. The summed E-state index contributed by atoms with van der Waals surface area (Å²) in [6.45, 7) is 7.57. The van der Waals surface area contributed by atoms with Gasteiger partial charge in [0.1, 0.15) is 11.9 Å². The minimum absolute atomic E-state index is 0.304. The fourth-order valence-corrected chi connectivity index (χ4v) is 3.21. The molecule has 1 aromatic rings. The molecule has 0 bridgehead atoms. The molecule has 0 aromatic heterocycles. The van der Waals surface area contributed by atoms with Crippen molar-refractivity contribution in [3.63, 3.8) is 0 Å². The van der Waals surface area contributed by atoms with Crippen molar-refractivity contribution in [3.05, 3.63) is 29.3 Å². The lowest BCUT2D eigenvalue weighted by molar-refractivity contribution is 0.222. The van der Waals surface area contributed by atoms with E-state index in [2.05, 4.69) is 44.3 Å². The maximum absolute atomic E-state index is 5.97. The van der Waals surface area contributed by atoms with Crippen LogP contribution in [0.2, 0.25) is 0 Å². The van der Waals surface area contributed by atoms with Gasteiger partial charge in [-0.3, -0.25) is 0 Å². The van der Waals surface area contributed by atoms with Gasteiger partial charge in [0, 0.05) is 19.0 Å². The summed E-state index contributed by atoms with van der Waals surface area (Å²) in [5, 5.41) is 3.59. The highest BCUT2D eigenvalue weighted by Crippen LogP contribution is 2.29. The van der Waals surface area contributed by atoms with Crippen molar-refractivity contribution in [1.29, 1.82) is 0 Å². The minimum Gasteiger partial charge on any atom is -0.488 e. The van der Waals surface area contributed by atoms with Crippen molar-refractivity contribution >= 4 is 11.8 Å². The second-order valence-electron chi connectivity index (χ2n) is 5.35. The molecule has 2 rings (SSSR count). The van der Waals surface area contributed by atoms with Gasteiger partial charge in [-0.15, -0.1) is 0 Å². The highest BCUT2D eigenvalue weighted by Gasteiger charge is 2.22. The van der Waals surface area contributed by atoms with Crippen LogP contribution in [0.1, 0.15) is 31.4 Å². The van der Waals surface area contributed by atoms with E-state index in [1.807, 2.05) is 11.8 Å². The Morgan fingerprint density at radius 2 is 2.32 bits per heavy atom. The third-order valence-corrected chi connectivity index (χ3v) is 4.48. The minimum atomic E-state index is 0.304. The van der Waals surface area contributed by atoms with Crippen molar-refractivity contribution < 1.29 is 4.74 Å². The van der Waals surface area contributed by atoms with Gasteiger partial charge in [-0.05, 0) is 43.4 Å². The first kappa shape index (κ1) is 14.7. The quantitative estimate of drug-likeness (QED) is 0.773. The van der Waals surface area contributed by atoms with Crippen LogP contribution in [-0.2, 0) is 6.42 Å². The summed E-state index contributed by atoms with van der Waals surface area (Å²) >= 11 is 2.01. The lowest BCUT2D eigenvalue weighted by atomic mass is 10.1. The number of aryl methyl sites for hydroxylation is 1. The number of ether oxygens (including phenoxy) is 1. The van der Waals surface area contributed by atoms with Gasteiger partial charge in [-0.25, -0.2) is 0 Å². The predicted octanol–water partition coefficient (Wildman–Crippen LogP) is 3.42. The van der Waals surface area contributed by atoms with Crippen molar-refractivity contribution in [2.45, 2.75) is 45.8 Å². The van der Waals surface area contributed by atoms with E-state index in [4.69, 9.17) is 4.74 Å². The standard InChI is InChI=1S/C16H25NOS/c1-4-19-8-7-13(3)17-11-15-10-14-9-12(2)5-6-16(14)18-15/h5-6,9,13,15,17H,4,7-8,10-11H2,1-3H3. The molecule has 1 aliphatic rings. The number of rotatable bonds is 7. The first-order valence-electron chi connectivity index (χ1n) is 7.26. The molecule has 0 saturated heterocycles. The second kappa shape index (κ2) is 7.20. The van der Waals surface area contributed by atoms with Gasteiger partial charge in [0.25, 0.3) is 0 Å². The van der Waals surface area contributed by atoms with Gasteiger partial charge in [0.2, 0.25) is 0 Å². The van der Waals surface area contributed by atoms with Crippen LogP contribution >= 0.6 is 11.8 Å². The van der Waals surface area contributed by atoms with E-state index in [0.717, 1.165) is 18.7 Å². The molecule has 0 amide bonds. The van der Waals surface area contributed by atoms with Crippen molar-refractivity contribution in [2.24, 2.45) is 0 Å².